The number of ether oxygens (including phenoxy) is 2. The first kappa shape index (κ1) is 24.4. The van der Waals surface area contributed by atoms with Gasteiger partial charge in [-0.15, -0.1) is 35.3 Å². The molecule has 164 valence electrons. The fourth-order valence-electron chi connectivity index (χ4n) is 3.44. The van der Waals surface area contributed by atoms with Gasteiger partial charge in [-0.3, -0.25) is 4.79 Å². The number of guanidine groups is 1. The van der Waals surface area contributed by atoms with Crippen molar-refractivity contribution in [2.75, 3.05) is 33.8 Å². The van der Waals surface area contributed by atoms with Crippen LogP contribution < -0.4 is 10.6 Å². The van der Waals surface area contributed by atoms with Gasteiger partial charge in [0.1, 0.15) is 12.6 Å². The zero-order valence-electron chi connectivity index (χ0n) is 17.5. The molecule has 9 heteroatoms. The Bertz CT molecular complexity index is 661. The van der Waals surface area contributed by atoms with Gasteiger partial charge in [-0.25, -0.2) is 4.99 Å². The molecule has 7 nitrogen and oxygen atoms in total. The van der Waals surface area contributed by atoms with Gasteiger partial charge in [-0.1, -0.05) is 13.0 Å². The third-order valence-corrected chi connectivity index (χ3v) is 6.20. The van der Waals surface area contributed by atoms with E-state index in [0.29, 0.717) is 25.7 Å². The molecule has 1 saturated carbocycles. The molecule has 1 saturated heterocycles. The summed E-state index contributed by atoms with van der Waals surface area (Å²) >= 11 is 1.69. The Labute approximate surface area is 194 Å². The van der Waals surface area contributed by atoms with Crippen LogP contribution in [0.3, 0.4) is 0 Å². The first-order valence-electron chi connectivity index (χ1n) is 10.0. The fraction of sp³-hybridized carbons (Fsp3) is 0.700. The molecule has 1 aliphatic heterocycles. The molecule has 1 atom stereocenters. The summed E-state index contributed by atoms with van der Waals surface area (Å²) in [5.41, 5.74) is 0. The average molecular weight is 536 g/mol. The van der Waals surface area contributed by atoms with Gasteiger partial charge in [0, 0.05) is 38.4 Å². The number of carbonyl (C=O) groups is 1. The standard InChI is InChI=1S/C20H32N4O3S.HI/c1-15-6-8-20(9-7-15)26-14-16(27-20)11-21-19(23-13-18(25)24(2)3)22-12-17-5-4-10-28-17;/h4-5,10,15-16H,6-9,11-14H2,1-3H3,(H2,21,22,23);1H. The summed E-state index contributed by atoms with van der Waals surface area (Å²) in [5, 5.41) is 8.66. The highest BCUT2D eigenvalue weighted by Crippen LogP contribution is 2.39. The first-order chi connectivity index (χ1) is 13.5. The lowest BCUT2D eigenvalue weighted by Crippen LogP contribution is -2.43. The molecule has 1 aromatic heterocycles. The average Bonchev–Trinajstić information content (AvgIpc) is 3.34. The van der Waals surface area contributed by atoms with Crippen molar-refractivity contribution >= 4 is 47.2 Å². The van der Waals surface area contributed by atoms with Gasteiger partial charge >= 0.3 is 0 Å². The highest BCUT2D eigenvalue weighted by Gasteiger charge is 2.43. The summed E-state index contributed by atoms with van der Waals surface area (Å²) in [5.74, 6) is 0.948. The number of nitrogens with zero attached hydrogens (tertiary/aromatic N) is 2. The number of halogens is 1. The minimum absolute atomic E-state index is 0. The van der Waals surface area contributed by atoms with Crippen molar-refractivity contribution < 1.29 is 14.3 Å². The van der Waals surface area contributed by atoms with Crippen molar-refractivity contribution in [2.24, 2.45) is 10.9 Å². The van der Waals surface area contributed by atoms with Crippen molar-refractivity contribution in [1.29, 1.82) is 0 Å². The number of hydrogen-bond donors (Lipinski definition) is 2. The summed E-state index contributed by atoms with van der Waals surface area (Å²) in [4.78, 5) is 19.1. The second-order valence-electron chi connectivity index (χ2n) is 7.91. The van der Waals surface area contributed by atoms with E-state index in [1.54, 1.807) is 30.3 Å². The Morgan fingerprint density at radius 3 is 2.76 bits per heavy atom. The number of hydrogen-bond acceptors (Lipinski definition) is 5. The second kappa shape index (κ2) is 11.5. The largest absolute Gasteiger partial charge is 0.354 e. The topological polar surface area (TPSA) is 75.2 Å². The molecular formula is C20H33IN4O3S. The Morgan fingerprint density at radius 1 is 1.34 bits per heavy atom. The van der Waals surface area contributed by atoms with Crippen LogP contribution in [-0.2, 0) is 20.8 Å². The maximum Gasteiger partial charge on any atom is 0.243 e. The van der Waals surface area contributed by atoms with Crippen molar-refractivity contribution in [1.82, 2.24) is 15.5 Å². The molecule has 29 heavy (non-hydrogen) atoms. The molecule has 2 heterocycles. The molecule has 2 N–H and O–H groups in total. The smallest absolute Gasteiger partial charge is 0.243 e. The van der Waals surface area contributed by atoms with Crippen LogP contribution in [0.4, 0.5) is 0 Å². The second-order valence-corrected chi connectivity index (χ2v) is 8.94. The molecule has 3 rings (SSSR count). The van der Waals surface area contributed by atoms with Crippen molar-refractivity contribution in [3.8, 4) is 0 Å². The van der Waals surface area contributed by atoms with E-state index in [1.165, 1.54) is 4.88 Å². The van der Waals surface area contributed by atoms with E-state index in [2.05, 4.69) is 28.6 Å². The summed E-state index contributed by atoms with van der Waals surface area (Å²) in [6, 6.07) is 4.09. The number of aliphatic imine (C=N–C) groups is 1. The highest BCUT2D eigenvalue weighted by molar-refractivity contribution is 14.0. The highest BCUT2D eigenvalue weighted by atomic mass is 127. The van der Waals surface area contributed by atoms with E-state index in [4.69, 9.17) is 9.47 Å². The van der Waals surface area contributed by atoms with E-state index in [-0.39, 0.29) is 48.3 Å². The lowest BCUT2D eigenvalue weighted by atomic mass is 9.86. The Kier molecular flexibility index (Phi) is 9.64. The minimum atomic E-state index is -0.387. The normalized spacial score (nSPS) is 26.8. The van der Waals surface area contributed by atoms with Crippen LogP contribution in [0, 0.1) is 5.92 Å². The molecule has 1 spiro atoms. The predicted molar refractivity (Wildman–Crippen MR) is 127 cm³/mol. The Hall–Kier alpha value is -0.910. The lowest BCUT2D eigenvalue weighted by molar-refractivity contribution is -0.191. The van der Waals surface area contributed by atoms with Gasteiger partial charge in [-0.2, -0.15) is 0 Å². The van der Waals surface area contributed by atoms with Crippen LogP contribution >= 0.6 is 35.3 Å². The Balaban J connectivity index is 0.00000300. The minimum Gasteiger partial charge on any atom is -0.354 e. The molecule has 1 aliphatic carbocycles. The summed E-state index contributed by atoms with van der Waals surface area (Å²) in [7, 11) is 3.47. The van der Waals surface area contributed by atoms with Gasteiger partial charge in [0.25, 0.3) is 0 Å². The van der Waals surface area contributed by atoms with E-state index in [1.807, 2.05) is 11.4 Å². The maximum atomic E-state index is 11.9. The summed E-state index contributed by atoms with van der Waals surface area (Å²) < 4.78 is 12.3. The van der Waals surface area contributed by atoms with Gasteiger partial charge in [0.15, 0.2) is 11.7 Å². The number of carbonyl (C=O) groups excluding carboxylic acids is 1. The third kappa shape index (κ3) is 7.37. The predicted octanol–water partition coefficient (Wildman–Crippen LogP) is 2.81. The molecule has 1 aromatic rings. The maximum absolute atomic E-state index is 11.9. The molecule has 2 aliphatic rings. The van der Waals surface area contributed by atoms with Gasteiger partial charge < -0.3 is 25.0 Å². The molecule has 2 fully saturated rings. The lowest BCUT2D eigenvalue weighted by Gasteiger charge is -2.34. The SMILES string of the molecule is CC1CCC2(CC1)OCC(CNC(=NCC(=O)N(C)C)NCc1cccs1)O2.I. The zero-order valence-corrected chi connectivity index (χ0v) is 20.6. The zero-order chi connectivity index (χ0) is 20.0. The Morgan fingerprint density at radius 2 is 2.10 bits per heavy atom. The van der Waals surface area contributed by atoms with Crippen LogP contribution in [0.2, 0.25) is 0 Å². The van der Waals surface area contributed by atoms with Gasteiger partial charge in [-0.05, 0) is 30.2 Å². The van der Waals surface area contributed by atoms with Crippen LogP contribution in [0.25, 0.3) is 0 Å². The van der Waals surface area contributed by atoms with Crippen LogP contribution in [0.15, 0.2) is 22.5 Å². The fourth-order valence-corrected chi connectivity index (χ4v) is 4.08. The van der Waals surface area contributed by atoms with E-state index in [0.717, 1.165) is 31.6 Å². The van der Waals surface area contributed by atoms with Crippen LogP contribution in [0.5, 0.6) is 0 Å². The number of rotatable bonds is 6. The number of thiophene rings is 1. The number of amides is 1. The van der Waals surface area contributed by atoms with Crippen molar-refractivity contribution in [3.63, 3.8) is 0 Å². The molecule has 0 bridgehead atoms. The third-order valence-electron chi connectivity index (χ3n) is 5.33. The van der Waals surface area contributed by atoms with Gasteiger partial charge in [0.05, 0.1) is 13.2 Å². The van der Waals surface area contributed by atoms with E-state index >= 15 is 0 Å². The van der Waals surface area contributed by atoms with Gasteiger partial charge in [0.2, 0.25) is 5.91 Å². The number of likely N-dealkylation sites (N-methyl/N-ethyl adjacent to an activating group) is 1. The quantitative estimate of drug-likeness (QED) is 0.333. The monoisotopic (exact) mass is 536 g/mol. The first-order valence-corrected chi connectivity index (χ1v) is 10.9. The molecule has 1 unspecified atom stereocenters. The van der Waals surface area contributed by atoms with Crippen molar-refractivity contribution in [2.45, 2.75) is 51.0 Å². The van der Waals surface area contributed by atoms with Crippen LogP contribution in [0.1, 0.15) is 37.5 Å². The summed E-state index contributed by atoms with van der Waals surface area (Å²) in [6.07, 6.45) is 4.25. The summed E-state index contributed by atoms with van der Waals surface area (Å²) in [6.45, 7) is 4.26. The number of nitrogens with one attached hydrogen (secondary N) is 2. The van der Waals surface area contributed by atoms with Crippen molar-refractivity contribution in [3.05, 3.63) is 22.4 Å². The van der Waals surface area contributed by atoms with Crippen LogP contribution in [-0.4, -0.2) is 62.4 Å². The van der Waals surface area contributed by atoms with E-state index < -0.39 is 0 Å². The molecule has 0 radical (unpaired) electrons. The molecular weight excluding hydrogens is 503 g/mol. The van der Waals surface area contributed by atoms with E-state index in [9.17, 15) is 4.79 Å². The molecule has 0 aromatic carbocycles. The molecule has 1 amide bonds.